The van der Waals surface area contributed by atoms with Crippen molar-refractivity contribution < 1.29 is 0 Å². The third-order valence-corrected chi connectivity index (χ3v) is 3.92. The number of benzene rings is 1. The lowest BCUT2D eigenvalue weighted by atomic mass is 10.2. The average Bonchev–Trinajstić information content (AvgIpc) is 2.71. The largest absolute Gasteiger partial charge is 0.399 e. The fraction of sp³-hybridized carbons (Fsp3) is 0.167. The van der Waals surface area contributed by atoms with E-state index in [9.17, 15) is 0 Å². The standard InChI is InChI=1S/C12H12N6S/c1-7-16-17-12(18(7)2)19-11-9-4-3-8(13)5-10(9)14-6-15-11/h3-6H,13H2,1-2H3. The molecule has 0 amide bonds. The van der Waals surface area contributed by atoms with Crippen molar-refractivity contribution in [3.63, 3.8) is 0 Å². The second kappa shape index (κ2) is 4.51. The van der Waals surface area contributed by atoms with Crippen LogP contribution in [0, 0.1) is 6.92 Å². The third-order valence-electron chi connectivity index (χ3n) is 2.86. The van der Waals surface area contributed by atoms with Crippen LogP contribution in [0.5, 0.6) is 0 Å². The summed E-state index contributed by atoms with van der Waals surface area (Å²) in [5.41, 5.74) is 7.28. The van der Waals surface area contributed by atoms with Gasteiger partial charge in [0.2, 0.25) is 0 Å². The molecule has 7 heteroatoms. The van der Waals surface area contributed by atoms with E-state index in [1.807, 2.05) is 36.7 Å². The molecule has 19 heavy (non-hydrogen) atoms. The van der Waals surface area contributed by atoms with Gasteiger partial charge in [0.05, 0.1) is 5.52 Å². The lowest BCUT2D eigenvalue weighted by Crippen LogP contribution is -1.95. The molecule has 6 nitrogen and oxygen atoms in total. The van der Waals surface area contributed by atoms with Crippen LogP contribution in [0.25, 0.3) is 10.9 Å². The Labute approximate surface area is 114 Å². The van der Waals surface area contributed by atoms with Crippen LogP contribution in [0.2, 0.25) is 0 Å². The normalized spacial score (nSPS) is 11.1. The van der Waals surface area contributed by atoms with Crippen molar-refractivity contribution in [2.24, 2.45) is 7.05 Å². The van der Waals surface area contributed by atoms with Gasteiger partial charge in [-0.3, -0.25) is 0 Å². The van der Waals surface area contributed by atoms with Gasteiger partial charge in [0.1, 0.15) is 17.2 Å². The van der Waals surface area contributed by atoms with E-state index in [1.54, 1.807) is 0 Å². The highest BCUT2D eigenvalue weighted by Gasteiger charge is 2.11. The molecular formula is C12H12N6S. The molecule has 3 aromatic rings. The second-order valence-electron chi connectivity index (χ2n) is 4.15. The molecule has 0 unspecified atom stereocenters. The van der Waals surface area contributed by atoms with Gasteiger partial charge in [-0.25, -0.2) is 9.97 Å². The van der Waals surface area contributed by atoms with Crippen LogP contribution in [-0.4, -0.2) is 24.7 Å². The van der Waals surface area contributed by atoms with E-state index in [2.05, 4.69) is 20.2 Å². The van der Waals surface area contributed by atoms with Crippen molar-refractivity contribution in [1.82, 2.24) is 24.7 Å². The molecule has 0 aliphatic rings. The molecule has 3 rings (SSSR count). The number of nitrogens with zero attached hydrogens (tertiary/aromatic N) is 5. The lowest BCUT2D eigenvalue weighted by molar-refractivity contribution is 0.765. The monoisotopic (exact) mass is 272 g/mol. The van der Waals surface area contributed by atoms with Crippen molar-refractivity contribution >= 4 is 28.4 Å². The highest BCUT2D eigenvalue weighted by atomic mass is 32.2. The fourth-order valence-corrected chi connectivity index (χ4v) is 2.60. The van der Waals surface area contributed by atoms with Gasteiger partial charge in [-0.05, 0) is 36.9 Å². The first-order valence-corrected chi connectivity index (χ1v) is 6.51. The van der Waals surface area contributed by atoms with Gasteiger partial charge >= 0.3 is 0 Å². The molecule has 0 atom stereocenters. The second-order valence-corrected chi connectivity index (χ2v) is 5.10. The highest BCUT2D eigenvalue weighted by molar-refractivity contribution is 7.99. The average molecular weight is 272 g/mol. The van der Waals surface area contributed by atoms with Crippen LogP contribution in [0.1, 0.15) is 5.82 Å². The zero-order chi connectivity index (χ0) is 13.4. The predicted molar refractivity (Wildman–Crippen MR) is 73.8 cm³/mol. The smallest absolute Gasteiger partial charge is 0.197 e. The van der Waals surface area contributed by atoms with Crippen molar-refractivity contribution in [3.05, 3.63) is 30.4 Å². The molecule has 0 saturated heterocycles. The van der Waals surface area contributed by atoms with E-state index in [-0.39, 0.29) is 0 Å². The maximum absolute atomic E-state index is 5.76. The number of nitrogen functional groups attached to an aromatic ring is 1. The molecule has 96 valence electrons. The molecule has 0 fully saturated rings. The van der Waals surface area contributed by atoms with Gasteiger partial charge < -0.3 is 10.3 Å². The Morgan fingerprint density at radius 3 is 2.79 bits per heavy atom. The van der Waals surface area contributed by atoms with Crippen LogP contribution in [-0.2, 0) is 7.05 Å². The number of aryl methyl sites for hydroxylation is 1. The lowest BCUT2D eigenvalue weighted by Gasteiger charge is -2.05. The number of aromatic nitrogens is 5. The summed E-state index contributed by atoms with van der Waals surface area (Å²) in [6.45, 7) is 1.91. The zero-order valence-corrected chi connectivity index (χ0v) is 11.3. The van der Waals surface area contributed by atoms with Crippen LogP contribution >= 0.6 is 11.8 Å². The van der Waals surface area contributed by atoms with Gasteiger partial charge in [0.25, 0.3) is 0 Å². The molecule has 0 aliphatic heterocycles. The van der Waals surface area contributed by atoms with E-state index < -0.39 is 0 Å². The summed E-state index contributed by atoms with van der Waals surface area (Å²) >= 11 is 1.47. The van der Waals surface area contributed by atoms with E-state index in [1.165, 1.54) is 18.1 Å². The molecule has 0 aliphatic carbocycles. The Morgan fingerprint density at radius 2 is 2.05 bits per heavy atom. The number of anilines is 1. The molecular weight excluding hydrogens is 260 g/mol. The maximum Gasteiger partial charge on any atom is 0.197 e. The summed E-state index contributed by atoms with van der Waals surface area (Å²) in [5.74, 6) is 0.866. The van der Waals surface area contributed by atoms with E-state index in [4.69, 9.17) is 5.73 Å². The fourth-order valence-electron chi connectivity index (χ4n) is 1.69. The van der Waals surface area contributed by atoms with Crippen LogP contribution < -0.4 is 5.73 Å². The Bertz CT molecular complexity index is 751. The van der Waals surface area contributed by atoms with E-state index in [0.29, 0.717) is 5.69 Å². The molecule has 2 aromatic heterocycles. The molecule has 2 heterocycles. The van der Waals surface area contributed by atoms with Gasteiger partial charge in [-0.15, -0.1) is 10.2 Å². The Morgan fingerprint density at radius 1 is 1.21 bits per heavy atom. The van der Waals surface area contributed by atoms with Crippen LogP contribution in [0.3, 0.4) is 0 Å². The summed E-state index contributed by atoms with van der Waals surface area (Å²) < 4.78 is 1.93. The zero-order valence-electron chi connectivity index (χ0n) is 10.5. The summed E-state index contributed by atoms with van der Waals surface area (Å²) in [6.07, 6.45) is 1.54. The molecule has 0 radical (unpaired) electrons. The highest BCUT2D eigenvalue weighted by Crippen LogP contribution is 2.30. The van der Waals surface area contributed by atoms with Gasteiger partial charge in [0, 0.05) is 18.1 Å². The van der Waals surface area contributed by atoms with Crippen LogP contribution in [0.15, 0.2) is 34.7 Å². The molecule has 0 bridgehead atoms. The number of hydrogen-bond donors (Lipinski definition) is 1. The first-order chi connectivity index (χ1) is 9.15. The Hall–Kier alpha value is -2.15. The predicted octanol–water partition coefficient (Wildman–Crippen LogP) is 1.80. The van der Waals surface area contributed by atoms with Crippen LogP contribution in [0.4, 0.5) is 5.69 Å². The molecule has 0 spiro atoms. The summed E-state index contributed by atoms with van der Waals surface area (Å²) in [6, 6.07) is 5.61. The minimum absolute atomic E-state index is 0.691. The topological polar surface area (TPSA) is 82.5 Å². The maximum atomic E-state index is 5.76. The van der Waals surface area contributed by atoms with Crippen molar-refractivity contribution in [1.29, 1.82) is 0 Å². The Balaban J connectivity index is 2.08. The minimum Gasteiger partial charge on any atom is -0.399 e. The molecule has 0 saturated carbocycles. The number of fused-ring (bicyclic) bond motifs is 1. The summed E-state index contributed by atoms with van der Waals surface area (Å²) in [5, 5.41) is 10.8. The van der Waals surface area contributed by atoms with Gasteiger partial charge in [0.15, 0.2) is 5.16 Å². The quantitative estimate of drug-likeness (QED) is 0.566. The first-order valence-electron chi connectivity index (χ1n) is 5.69. The summed E-state index contributed by atoms with van der Waals surface area (Å²) in [4.78, 5) is 8.54. The van der Waals surface area contributed by atoms with Gasteiger partial charge in [-0.2, -0.15) is 0 Å². The minimum atomic E-state index is 0.691. The Kier molecular flexibility index (Phi) is 2.83. The number of hydrogen-bond acceptors (Lipinski definition) is 6. The van der Waals surface area contributed by atoms with Crippen molar-refractivity contribution in [2.45, 2.75) is 17.1 Å². The van der Waals surface area contributed by atoms with Crippen molar-refractivity contribution in [3.8, 4) is 0 Å². The third kappa shape index (κ3) is 2.12. The van der Waals surface area contributed by atoms with Crippen molar-refractivity contribution in [2.75, 3.05) is 5.73 Å². The molecule has 1 aromatic carbocycles. The number of rotatable bonds is 2. The van der Waals surface area contributed by atoms with Gasteiger partial charge in [-0.1, -0.05) is 0 Å². The number of nitrogens with two attached hydrogens (primary N) is 1. The molecule has 2 N–H and O–H groups in total. The summed E-state index contributed by atoms with van der Waals surface area (Å²) in [7, 11) is 1.93. The van der Waals surface area contributed by atoms with E-state index in [0.717, 1.165) is 26.9 Å². The first kappa shape index (κ1) is 11.9. The van der Waals surface area contributed by atoms with E-state index >= 15 is 0 Å². The SMILES string of the molecule is Cc1nnc(Sc2ncnc3cc(N)ccc23)n1C.